The summed E-state index contributed by atoms with van der Waals surface area (Å²) in [5, 5.41) is 17.9. The molecule has 0 aromatic heterocycles. The van der Waals surface area contributed by atoms with Crippen molar-refractivity contribution in [3.63, 3.8) is 0 Å². The fourth-order valence-corrected chi connectivity index (χ4v) is 1.75. The predicted molar refractivity (Wildman–Crippen MR) is 70.7 cm³/mol. The molecule has 98 valence electrons. The number of benzene rings is 2. The minimum Gasteiger partial charge on any atom is -0.478 e. The topological polar surface area (TPSA) is 66.8 Å². The molecule has 0 saturated carbocycles. The minimum atomic E-state index is -0.992. The molecule has 2 aromatic rings. The van der Waals surface area contributed by atoms with Gasteiger partial charge in [-0.25, -0.2) is 4.79 Å². The number of aromatic carboxylic acids is 1. The summed E-state index contributed by atoms with van der Waals surface area (Å²) in [5.41, 5.74) is 1.06. The Morgan fingerprint density at radius 3 is 2.63 bits per heavy atom. The highest BCUT2D eigenvalue weighted by Crippen LogP contribution is 2.26. The van der Waals surface area contributed by atoms with Crippen molar-refractivity contribution in [1.82, 2.24) is 0 Å². The average Bonchev–Trinajstić information content (AvgIpc) is 2.41. The fourth-order valence-electron chi connectivity index (χ4n) is 1.75. The van der Waals surface area contributed by atoms with Crippen molar-refractivity contribution in [2.45, 2.75) is 6.42 Å². The molecule has 0 bridgehead atoms. The third-order valence-electron chi connectivity index (χ3n) is 2.66. The van der Waals surface area contributed by atoms with Crippen LogP contribution in [0.1, 0.15) is 15.9 Å². The highest BCUT2D eigenvalue weighted by atomic mass is 16.5. The molecule has 2 rings (SSSR count). The number of aliphatic hydroxyl groups excluding tert-OH is 1. The summed E-state index contributed by atoms with van der Waals surface area (Å²) in [4.78, 5) is 10.9. The van der Waals surface area contributed by atoms with Gasteiger partial charge in [-0.3, -0.25) is 0 Å². The molecule has 0 saturated heterocycles. The summed E-state index contributed by atoms with van der Waals surface area (Å²) >= 11 is 0. The van der Waals surface area contributed by atoms with Crippen LogP contribution in [-0.4, -0.2) is 22.8 Å². The van der Waals surface area contributed by atoms with Crippen LogP contribution in [0.4, 0.5) is 0 Å². The summed E-state index contributed by atoms with van der Waals surface area (Å²) in [5.74, 6) is 0.0958. The Bertz CT molecular complexity index is 578. The predicted octanol–water partition coefficient (Wildman–Crippen LogP) is 2.71. The molecule has 0 heterocycles. The lowest BCUT2D eigenvalue weighted by Gasteiger charge is -2.10. The zero-order valence-corrected chi connectivity index (χ0v) is 10.2. The lowest BCUT2D eigenvalue weighted by Crippen LogP contribution is -1.98. The molecule has 0 amide bonds. The first-order valence-electron chi connectivity index (χ1n) is 5.90. The Balaban J connectivity index is 2.26. The third-order valence-corrected chi connectivity index (χ3v) is 2.66. The van der Waals surface area contributed by atoms with E-state index in [0.29, 0.717) is 17.9 Å². The van der Waals surface area contributed by atoms with Crippen molar-refractivity contribution in [1.29, 1.82) is 0 Å². The molecule has 19 heavy (non-hydrogen) atoms. The minimum absolute atomic E-state index is 0.0372. The van der Waals surface area contributed by atoms with E-state index in [4.69, 9.17) is 14.9 Å². The number of hydrogen-bond acceptors (Lipinski definition) is 3. The van der Waals surface area contributed by atoms with Gasteiger partial charge in [0.15, 0.2) is 0 Å². The van der Waals surface area contributed by atoms with Gasteiger partial charge in [0.1, 0.15) is 11.5 Å². The van der Waals surface area contributed by atoms with Gasteiger partial charge in [0.25, 0.3) is 0 Å². The van der Waals surface area contributed by atoms with Gasteiger partial charge in [-0.1, -0.05) is 24.3 Å². The molecule has 0 atom stereocenters. The second kappa shape index (κ2) is 6.02. The van der Waals surface area contributed by atoms with Gasteiger partial charge >= 0.3 is 5.97 Å². The molecular formula is C15H14O4. The SMILES string of the molecule is O=C(O)c1cccc(Oc2ccccc2CCO)c1. The van der Waals surface area contributed by atoms with Crippen LogP contribution >= 0.6 is 0 Å². The van der Waals surface area contributed by atoms with Crippen LogP contribution in [0.5, 0.6) is 11.5 Å². The number of aliphatic hydroxyl groups is 1. The van der Waals surface area contributed by atoms with Crippen LogP contribution in [0.2, 0.25) is 0 Å². The standard InChI is InChI=1S/C15H14O4/c16-9-8-11-4-1-2-7-14(11)19-13-6-3-5-12(10-13)15(17)18/h1-7,10,16H,8-9H2,(H,17,18). The average molecular weight is 258 g/mol. The van der Waals surface area contributed by atoms with Crippen LogP contribution in [0.25, 0.3) is 0 Å². The van der Waals surface area contributed by atoms with Crippen LogP contribution in [0.15, 0.2) is 48.5 Å². The molecule has 2 N–H and O–H groups in total. The monoisotopic (exact) mass is 258 g/mol. The number of para-hydroxylation sites is 1. The Hall–Kier alpha value is -2.33. The summed E-state index contributed by atoms with van der Waals surface area (Å²) in [7, 11) is 0. The first kappa shape index (κ1) is 13.1. The summed E-state index contributed by atoms with van der Waals surface area (Å²) in [6.45, 7) is 0.0372. The van der Waals surface area contributed by atoms with E-state index in [2.05, 4.69) is 0 Å². The largest absolute Gasteiger partial charge is 0.478 e. The van der Waals surface area contributed by atoms with Crippen molar-refractivity contribution in [2.24, 2.45) is 0 Å². The molecule has 0 spiro atoms. The first-order valence-corrected chi connectivity index (χ1v) is 5.90. The molecule has 0 aliphatic heterocycles. The maximum atomic E-state index is 10.9. The number of hydrogen-bond donors (Lipinski definition) is 2. The Labute approximate surface area is 110 Å². The number of carbonyl (C=O) groups is 1. The van der Waals surface area contributed by atoms with E-state index in [1.54, 1.807) is 18.2 Å². The fraction of sp³-hybridized carbons (Fsp3) is 0.133. The molecule has 4 nitrogen and oxygen atoms in total. The number of rotatable bonds is 5. The van der Waals surface area contributed by atoms with Crippen molar-refractivity contribution in [3.8, 4) is 11.5 Å². The highest BCUT2D eigenvalue weighted by Gasteiger charge is 2.07. The molecule has 0 unspecified atom stereocenters. The zero-order chi connectivity index (χ0) is 13.7. The van der Waals surface area contributed by atoms with E-state index < -0.39 is 5.97 Å². The molecule has 4 heteroatoms. The van der Waals surface area contributed by atoms with E-state index in [1.165, 1.54) is 12.1 Å². The van der Waals surface area contributed by atoms with Crippen LogP contribution in [-0.2, 0) is 6.42 Å². The van der Waals surface area contributed by atoms with Crippen molar-refractivity contribution in [3.05, 3.63) is 59.7 Å². The molecule has 0 aliphatic carbocycles. The molecule has 2 aromatic carbocycles. The van der Waals surface area contributed by atoms with Crippen molar-refractivity contribution >= 4 is 5.97 Å². The number of carboxylic acid groups (broad SMARTS) is 1. The maximum absolute atomic E-state index is 10.9. The van der Waals surface area contributed by atoms with E-state index >= 15 is 0 Å². The first-order chi connectivity index (χ1) is 9.20. The second-order valence-electron chi connectivity index (χ2n) is 4.02. The van der Waals surface area contributed by atoms with Gasteiger partial charge < -0.3 is 14.9 Å². The molecule has 0 aliphatic rings. The number of carboxylic acids is 1. The van der Waals surface area contributed by atoms with Gasteiger partial charge in [-0.05, 0) is 36.2 Å². The normalized spacial score (nSPS) is 10.2. The molecular weight excluding hydrogens is 244 g/mol. The van der Waals surface area contributed by atoms with Gasteiger partial charge in [0, 0.05) is 6.61 Å². The zero-order valence-electron chi connectivity index (χ0n) is 10.2. The van der Waals surface area contributed by atoms with Gasteiger partial charge in [0.2, 0.25) is 0 Å². The van der Waals surface area contributed by atoms with E-state index in [1.807, 2.05) is 18.2 Å². The Morgan fingerprint density at radius 1 is 1.11 bits per heavy atom. The lowest BCUT2D eigenvalue weighted by molar-refractivity contribution is 0.0696. The third kappa shape index (κ3) is 3.33. The second-order valence-corrected chi connectivity index (χ2v) is 4.02. The summed E-state index contributed by atoms with van der Waals surface area (Å²) in [6.07, 6.45) is 0.495. The van der Waals surface area contributed by atoms with Gasteiger partial charge in [-0.2, -0.15) is 0 Å². The van der Waals surface area contributed by atoms with Gasteiger partial charge in [-0.15, -0.1) is 0 Å². The maximum Gasteiger partial charge on any atom is 0.335 e. The quantitative estimate of drug-likeness (QED) is 0.865. The van der Waals surface area contributed by atoms with Crippen molar-refractivity contribution < 1.29 is 19.7 Å². The van der Waals surface area contributed by atoms with Gasteiger partial charge in [0.05, 0.1) is 5.56 Å². The Morgan fingerprint density at radius 2 is 1.89 bits per heavy atom. The van der Waals surface area contributed by atoms with E-state index in [-0.39, 0.29) is 12.2 Å². The number of ether oxygens (including phenoxy) is 1. The summed E-state index contributed by atoms with van der Waals surface area (Å²) < 4.78 is 5.68. The van der Waals surface area contributed by atoms with Crippen LogP contribution in [0, 0.1) is 0 Å². The summed E-state index contributed by atoms with van der Waals surface area (Å²) in [6, 6.07) is 13.7. The van der Waals surface area contributed by atoms with Crippen molar-refractivity contribution in [2.75, 3.05) is 6.61 Å². The molecule has 0 radical (unpaired) electrons. The molecule has 0 fully saturated rings. The Kier molecular flexibility index (Phi) is 4.15. The van der Waals surface area contributed by atoms with Crippen LogP contribution < -0.4 is 4.74 Å². The highest BCUT2D eigenvalue weighted by molar-refractivity contribution is 5.88. The smallest absolute Gasteiger partial charge is 0.335 e. The van der Waals surface area contributed by atoms with Crippen LogP contribution in [0.3, 0.4) is 0 Å². The van der Waals surface area contributed by atoms with E-state index in [9.17, 15) is 4.79 Å². The lowest BCUT2D eigenvalue weighted by atomic mass is 10.1. The van der Waals surface area contributed by atoms with E-state index in [0.717, 1.165) is 5.56 Å².